The second kappa shape index (κ2) is 10.3. The van der Waals surface area contributed by atoms with Crippen molar-refractivity contribution in [2.24, 2.45) is 0 Å². The van der Waals surface area contributed by atoms with Crippen LogP contribution in [0.5, 0.6) is 0 Å². The molecule has 0 aliphatic carbocycles. The van der Waals surface area contributed by atoms with Crippen LogP contribution in [0.1, 0.15) is 17.0 Å². The molecule has 0 spiro atoms. The van der Waals surface area contributed by atoms with E-state index in [9.17, 15) is 14.9 Å². The SMILES string of the molecule is O=C(Nc1nc(-c2ccccc2)c(-c2ccc([N+](=O)[O-])cc2)s1)C(c1ccccc1)c1ccccc1. The summed E-state index contributed by atoms with van der Waals surface area (Å²) < 4.78 is 0. The van der Waals surface area contributed by atoms with Crippen molar-refractivity contribution in [3.63, 3.8) is 0 Å². The van der Waals surface area contributed by atoms with Crippen LogP contribution in [-0.2, 0) is 4.79 Å². The average Bonchev–Trinajstić information content (AvgIpc) is 3.34. The summed E-state index contributed by atoms with van der Waals surface area (Å²) in [6, 6.07) is 35.3. The Morgan fingerprint density at radius 2 is 1.28 bits per heavy atom. The molecule has 36 heavy (non-hydrogen) atoms. The van der Waals surface area contributed by atoms with Gasteiger partial charge in [-0.05, 0) is 28.8 Å². The zero-order valence-corrected chi connectivity index (χ0v) is 19.9. The molecule has 0 atom stereocenters. The summed E-state index contributed by atoms with van der Waals surface area (Å²) in [6.07, 6.45) is 0. The Morgan fingerprint density at radius 1 is 0.750 bits per heavy atom. The number of non-ortho nitro benzene ring substituents is 1. The van der Waals surface area contributed by atoms with Gasteiger partial charge in [0.15, 0.2) is 5.13 Å². The first-order valence-electron chi connectivity index (χ1n) is 11.3. The summed E-state index contributed by atoms with van der Waals surface area (Å²) in [6.45, 7) is 0. The summed E-state index contributed by atoms with van der Waals surface area (Å²) >= 11 is 1.34. The third-order valence-electron chi connectivity index (χ3n) is 5.77. The van der Waals surface area contributed by atoms with E-state index >= 15 is 0 Å². The lowest BCUT2D eigenvalue weighted by Crippen LogP contribution is -2.22. The molecule has 6 nitrogen and oxygen atoms in total. The third-order valence-corrected chi connectivity index (χ3v) is 6.79. The maximum absolute atomic E-state index is 13.6. The molecule has 0 unspecified atom stereocenters. The number of aromatic nitrogens is 1. The molecule has 0 fully saturated rings. The van der Waals surface area contributed by atoms with Gasteiger partial charge >= 0.3 is 0 Å². The van der Waals surface area contributed by atoms with Crippen LogP contribution in [0, 0.1) is 10.1 Å². The van der Waals surface area contributed by atoms with Crippen molar-refractivity contribution in [3.8, 4) is 21.7 Å². The molecule has 1 heterocycles. The molecule has 176 valence electrons. The zero-order chi connectivity index (χ0) is 24.9. The second-order valence-corrected chi connectivity index (χ2v) is 9.11. The van der Waals surface area contributed by atoms with Crippen molar-refractivity contribution in [2.75, 3.05) is 5.32 Å². The van der Waals surface area contributed by atoms with Crippen molar-refractivity contribution in [1.29, 1.82) is 0 Å². The molecule has 5 aromatic rings. The Bertz CT molecular complexity index is 1450. The van der Waals surface area contributed by atoms with Crippen LogP contribution in [0.25, 0.3) is 21.7 Å². The van der Waals surface area contributed by atoms with Gasteiger partial charge in [0.25, 0.3) is 5.69 Å². The highest BCUT2D eigenvalue weighted by molar-refractivity contribution is 7.19. The monoisotopic (exact) mass is 491 g/mol. The molecule has 4 aromatic carbocycles. The van der Waals surface area contributed by atoms with Crippen LogP contribution in [0.15, 0.2) is 115 Å². The van der Waals surface area contributed by atoms with Crippen LogP contribution in [0.3, 0.4) is 0 Å². The van der Waals surface area contributed by atoms with Crippen molar-refractivity contribution in [3.05, 3.63) is 137 Å². The maximum Gasteiger partial charge on any atom is 0.269 e. The number of carbonyl (C=O) groups excluding carboxylic acids is 1. The van der Waals surface area contributed by atoms with Gasteiger partial charge in [-0.1, -0.05) is 102 Å². The average molecular weight is 492 g/mol. The molecule has 0 bridgehead atoms. The van der Waals surface area contributed by atoms with Crippen molar-refractivity contribution in [2.45, 2.75) is 5.92 Å². The third kappa shape index (κ3) is 4.92. The summed E-state index contributed by atoms with van der Waals surface area (Å²) in [5.74, 6) is -0.685. The largest absolute Gasteiger partial charge is 0.301 e. The number of hydrogen-bond acceptors (Lipinski definition) is 5. The van der Waals surface area contributed by atoms with Gasteiger partial charge in [-0.25, -0.2) is 4.98 Å². The molecule has 0 aliphatic heterocycles. The first-order chi connectivity index (χ1) is 17.6. The Hall–Kier alpha value is -4.62. The van der Waals surface area contributed by atoms with E-state index in [0.717, 1.165) is 27.1 Å². The van der Waals surface area contributed by atoms with Crippen molar-refractivity contribution < 1.29 is 9.72 Å². The molecule has 1 N–H and O–H groups in total. The minimum Gasteiger partial charge on any atom is -0.301 e. The van der Waals surface area contributed by atoms with Crippen LogP contribution < -0.4 is 5.32 Å². The van der Waals surface area contributed by atoms with E-state index in [4.69, 9.17) is 4.98 Å². The summed E-state index contributed by atoms with van der Waals surface area (Å²) in [7, 11) is 0. The van der Waals surface area contributed by atoms with E-state index in [0.29, 0.717) is 10.8 Å². The number of anilines is 1. The topological polar surface area (TPSA) is 85.1 Å². The van der Waals surface area contributed by atoms with E-state index in [1.54, 1.807) is 12.1 Å². The van der Waals surface area contributed by atoms with Gasteiger partial charge in [0.2, 0.25) is 5.91 Å². The van der Waals surface area contributed by atoms with Crippen molar-refractivity contribution in [1.82, 2.24) is 4.98 Å². The summed E-state index contributed by atoms with van der Waals surface area (Å²) in [5.41, 5.74) is 4.19. The Kier molecular flexibility index (Phi) is 6.64. The first-order valence-corrected chi connectivity index (χ1v) is 12.1. The highest BCUT2D eigenvalue weighted by Gasteiger charge is 2.25. The van der Waals surface area contributed by atoms with Gasteiger partial charge in [-0.15, -0.1) is 0 Å². The number of nitro groups is 1. The highest BCUT2D eigenvalue weighted by atomic mass is 32.1. The fourth-order valence-electron chi connectivity index (χ4n) is 4.06. The van der Waals surface area contributed by atoms with E-state index in [1.165, 1.54) is 23.5 Å². The smallest absolute Gasteiger partial charge is 0.269 e. The number of thiazole rings is 1. The minimum atomic E-state index is -0.501. The molecular formula is C29H21N3O3S. The van der Waals surface area contributed by atoms with E-state index in [-0.39, 0.29) is 11.6 Å². The van der Waals surface area contributed by atoms with Crippen LogP contribution >= 0.6 is 11.3 Å². The highest BCUT2D eigenvalue weighted by Crippen LogP contribution is 2.40. The van der Waals surface area contributed by atoms with Crippen LogP contribution in [0.4, 0.5) is 10.8 Å². The number of nitrogens with zero attached hydrogens (tertiary/aromatic N) is 2. The molecule has 0 aliphatic rings. The molecule has 7 heteroatoms. The van der Waals surface area contributed by atoms with E-state index < -0.39 is 10.8 Å². The first kappa shape index (κ1) is 23.1. The van der Waals surface area contributed by atoms with Gasteiger partial charge in [-0.2, -0.15) is 0 Å². The molecule has 1 aromatic heterocycles. The number of benzene rings is 4. The number of carbonyl (C=O) groups is 1. The number of rotatable bonds is 7. The van der Waals surface area contributed by atoms with E-state index in [1.807, 2.05) is 91.0 Å². The Morgan fingerprint density at radius 3 is 1.81 bits per heavy atom. The minimum absolute atomic E-state index is 0.0200. The fraction of sp³-hybridized carbons (Fsp3) is 0.0345. The standard InChI is InChI=1S/C29H21N3O3S/c33-28(25(20-10-4-1-5-11-20)21-12-6-2-7-13-21)31-29-30-26(22-14-8-3-9-15-22)27(36-29)23-16-18-24(19-17-23)32(34)35/h1-19,25H,(H,30,31,33). The predicted octanol–water partition coefficient (Wildman–Crippen LogP) is 7.16. The number of nitrogens with one attached hydrogen (secondary N) is 1. The van der Waals surface area contributed by atoms with Crippen LogP contribution in [0.2, 0.25) is 0 Å². The maximum atomic E-state index is 13.6. The number of hydrogen-bond donors (Lipinski definition) is 1. The second-order valence-electron chi connectivity index (χ2n) is 8.11. The lowest BCUT2D eigenvalue weighted by molar-refractivity contribution is -0.384. The summed E-state index contributed by atoms with van der Waals surface area (Å²) in [5, 5.41) is 14.6. The normalized spacial score (nSPS) is 10.8. The lowest BCUT2D eigenvalue weighted by Gasteiger charge is -2.17. The molecule has 5 rings (SSSR count). The molecule has 0 saturated heterocycles. The predicted molar refractivity (Wildman–Crippen MR) is 143 cm³/mol. The van der Waals surface area contributed by atoms with Gasteiger partial charge < -0.3 is 5.32 Å². The van der Waals surface area contributed by atoms with E-state index in [2.05, 4.69) is 5.32 Å². The molecule has 0 saturated carbocycles. The zero-order valence-electron chi connectivity index (χ0n) is 19.1. The van der Waals surface area contributed by atoms with Crippen LogP contribution in [-0.4, -0.2) is 15.8 Å². The Labute approximate surface area is 212 Å². The van der Waals surface area contributed by atoms with Gasteiger partial charge in [0.1, 0.15) is 0 Å². The quantitative estimate of drug-likeness (QED) is 0.193. The van der Waals surface area contributed by atoms with Gasteiger partial charge in [0.05, 0.1) is 21.4 Å². The Balaban J connectivity index is 1.53. The number of amides is 1. The van der Waals surface area contributed by atoms with Gasteiger partial charge in [0, 0.05) is 17.7 Å². The lowest BCUT2D eigenvalue weighted by atomic mass is 9.90. The summed E-state index contributed by atoms with van der Waals surface area (Å²) in [4.78, 5) is 29.9. The van der Waals surface area contributed by atoms with Gasteiger partial charge in [-0.3, -0.25) is 14.9 Å². The fourth-order valence-corrected chi connectivity index (χ4v) is 5.06. The van der Waals surface area contributed by atoms with Crippen molar-refractivity contribution >= 4 is 28.1 Å². The molecule has 0 radical (unpaired) electrons. The molecule has 1 amide bonds. The number of nitro benzene ring substituents is 1. The molecular weight excluding hydrogens is 470 g/mol.